The number of carbonyl (C=O) groups is 1. The number of benzene rings is 1. The molecular formula is C13H12FNO3. The fraction of sp³-hybridized carbons (Fsp3) is 0.154. The lowest BCUT2D eigenvalue weighted by atomic mass is 10.1. The summed E-state index contributed by atoms with van der Waals surface area (Å²) >= 11 is 0. The van der Waals surface area contributed by atoms with Gasteiger partial charge in [0.15, 0.2) is 0 Å². The molecule has 2 rings (SSSR count). The standard InChI is InChI=1S/C13H12FNO3/c14-10-5-3-9(4-6-10)13(17)15-11(8-16)12-2-1-7-18-12/h1-7,11,16H,8H2,(H,15,17). The van der Waals surface area contributed by atoms with Crippen molar-refractivity contribution in [2.75, 3.05) is 6.61 Å². The van der Waals surface area contributed by atoms with Gasteiger partial charge in [-0.3, -0.25) is 4.79 Å². The number of halogens is 1. The summed E-state index contributed by atoms with van der Waals surface area (Å²) in [5.41, 5.74) is 0.321. The first-order valence-corrected chi connectivity index (χ1v) is 5.41. The van der Waals surface area contributed by atoms with Crippen LogP contribution in [0.3, 0.4) is 0 Å². The third-order valence-corrected chi connectivity index (χ3v) is 2.48. The lowest BCUT2D eigenvalue weighted by Gasteiger charge is -2.13. The van der Waals surface area contributed by atoms with E-state index in [1.165, 1.54) is 30.5 Å². The maximum absolute atomic E-state index is 12.7. The highest BCUT2D eigenvalue weighted by atomic mass is 19.1. The average molecular weight is 249 g/mol. The van der Waals surface area contributed by atoms with Crippen LogP contribution >= 0.6 is 0 Å². The molecule has 0 saturated heterocycles. The fourth-order valence-corrected chi connectivity index (χ4v) is 1.54. The summed E-state index contributed by atoms with van der Waals surface area (Å²) < 4.78 is 17.8. The Morgan fingerprint density at radius 3 is 2.61 bits per heavy atom. The monoisotopic (exact) mass is 249 g/mol. The smallest absolute Gasteiger partial charge is 0.251 e. The van der Waals surface area contributed by atoms with Gasteiger partial charge in [-0.15, -0.1) is 0 Å². The summed E-state index contributed by atoms with van der Waals surface area (Å²) in [5, 5.41) is 11.8. The zero-order valence-corrected chi connectivity index (χ0v) is 9.47. The number of rotatable bonds is 4. The highest BCUT2D eigenvalue weighted by Gasteiger charge is 2.16. The number of amides is 1. The first-order valence-electron chi connectivity index (χ1n) is 5.41. The minimum absolute atomic E-state index is 0.277. The van der Waals surface area contributed by atoms with E-state index < -0.39 is 17.8 Å². The Morgan fingerprint density at radius 2 is 2.06 bits per heavy atom. The molecule has 1 aromatic heterocycles. The van der Waals surface area contributed by atoms with Gasteiger partial charge in [0.1, 0.15) is 17.6 Å². The van der Waals surface area contributed by atoms with Crippen LogP contribution in [0.4, 0.5) is 4.39 Å². The highest BCUT2D eigenvalue weighted by Crippen LogP contribution is 2.13. The molecule has 1 unspecified atom stereocenters. The minimum Gasteiger partial charge on any atom is -0.467 e. The van der Waals surface area contributed by atoms with E-state index >= 15 is 0 Å². The maximum atomic E-state index is 12.7. The molecule has 94 valence electrons. The van der Waals surface area contributed by atoms with Crippen molar-refractivity contribution in [1.29, 1.82) is 0 Å². The van der Waals surface area contributed by atoms with E-state index in [0.717, 1.165) is 0 Å². The van der Waals surface area contributed by atoms with Gasteiger partial charge >= 0.3 is 0 Å². The minimum atomic E-state index is -0.613. The molecule has 0 spiro atoms. The molecule has 1 aromatic carbocycles. The lowest BCUT2D eigenvalue weighted by Crippen LogP contribution is -2.30. The molecule has 5 heteroatoms. The third-order valence-electron chi connectivity index (χ3n) is 2.48. The Balaban J connectivity index is 2.08. The Kier molecular flexibility index (Phi) is 3.74. The molecule has 0 aliphatic heterocycles. The molecular weight excluding hydrogens is 237 g/mol. The van der Waals surface area contributed by atoms with Crippen LogP contribution in [0.1, 0.15) is 22.2 Å². The predicted molar refractivity (Wildman–Crippen MR) is 62.4 cm³/mol. The van der Waals surface area contributed by atoms with Crippen molar-refractivity contribution >= 4 is 5.91 Å². The second kappa shape index (κ2) is 5.46. The van der Waals surface area contributed by atoms with E-state index in [1.54, 1.807) is 12.1 Å². The van der Waals surface area contributed by atoms with Gasteiger partial charge in [0, 0.05) is 5.56 Å². The van der Waals surface area contributed by atoms with Gasteiger partial charge in [-0.2, -0.15) is 0 Å². The van der Waals surface area contributed by atoms with Crippen LogP contribution in [-0.4, -0.2) is 17.6 Å². The van der Waals surface area contributed by atoms with Crippen LogP contribution in [0, 0.1) is 5.82 Å². The second-order valence-electron chi connectivity index (χ2n) is 3.73. The SMILES string of the molecule is O=C(NC(CO)c1ccco1)c1ccc(F)cc1. The van der Waals surface area contributed by atoms with Crippen molar-refractivity contribution in [3.05, 3.63) is 59.8 Å². The predicted octanol–water partition coefficient (Wildman–Crippen LogP) is 1.88. The van der Waals surface area contributed by atoms with Crippen LogP contribution in [0.15, 0.2) is 47.1 Å². The number of hydrogen-bond acceptors (Lipinski definition) is 3. The number of nitrogens with one attached hydrogen (secondary N) is 1. The Bertz CT molecular complexity index is 508. The molecule has 1 atom stereocenters. The maximum Gasteiger partial charge on any atom is 0.251 e. The van der Waals surface area contributed by atoms with Crippen molar-refractivity contribution in [3.8, 4) is 0 Å². The fourth-order valence-electron chi connectivity index (χ4n) is 1.54. The quantitative estimate of drug-likeness (QED) is 0.869. The number of aliphatic hydroxyl groups is 1. The van der Waals surface area contributed by atoms with Gasteiger partial charge in [-0.25, -0.2) is 4.39 Å². The lowest BCUT2D eigenvalue weighted by molar-refractivity contribution is 0.0907. The topological polar surface area (TPSA) is 62.5 Å². The van der Waals surface area contributed by atoms with Crippen LogP contribution in [0.2, 0.25) is 0 Å². The summed E-state index contributed by atoms with van der Waals surface area (Å²) in [5.74, 6) is -0.338. The van der Waals surface area contributed by atoms with Crippen molar-refractivity contribution in [2.45, 2.75) is 6.04 Å². The van der Waals surface area contributed by atoms with Gasteiger partial charge in [0.2, 0.25) is 0 Å². The van der Waals surface area contributed by atoms with Crippen molar-refractivity contribution in [3.63, 3.8) is 0 Å². The van der Waals surface area contributed by atoms with Crippen LogP contribution in [-0.2, 0) is 0 Å². The summed E-state index contributed by atoms with van der Waals surface area (Å²) in [7, 11) is 0. The number of aliphatic hydroxyl groups excluding tert-OH is 1. The Labute approximate surface area is 103 Å². The molecule has 4 nitrogen and oxygen atoms in total. The first kappa shape index (κ1) is 12.3. The van der Waals surface area contributed by atoms with Crippen LogP contribution in [0.5, 0.6) is 0 Å². The molecule has 0 radical (unpaired) electrons. The first-order chi connectivity index (χ1) is 8.70. The molecule has 2 N–H and O–H groups in total. The molecule has 2 aromatic rings. The average Bonchev–Trinajstić information content (AvgIpc) is 2.90. The third kappa shape index (κ3) is 2.75. The molecule has 0 fully saturated rings. The van der Waals surface area contributed by atoms with E-state index in [4.69, 9.17) is 4.42 Å². The van der Waals surface area contributed by atoms with Crippen molar-refractivity contribution in [1.82, 2.24) is 5.32 Å². The molecule has 0 aliphatic rings. The van der Waals surface area contributed by atoms with Gasteiger partial charge in [-0.05, 0) is 36.4 Å². The Morgan fingerprint density at radius 1 is 1.33 bits per heavy atom. The van der Waals surface area contributed by atoms with E-state index in [9.17, 15) is 14.3 Å². The van der Waals surface area contributed by atoms with E-state index in [-0.39, 0.29) is 6.61 Å². The molecule has 0 aliphatic carbocycles. The second-order valence-corrected chi connectivity index (χ2v) is 3.73. The van der Waals surface area contributed by atoms with Crippen LogP contribution < -0.4 is 5.32 Å². The van der Waals surface area contributed by atoms with Crippen molar-refractivity contribution in [2.24, 2.45) is 0 Å². The van der Waals surface area contributed by atoms with E-state index in [1.807, 2.05) is 0 Å². The van der Waals surface area contributed by atoms with E-state index in [2.05, 4.69) is 5.32 Å². The normalized spacial score (nSPS) is 12.1. The molecule has 1 amide bonds. The van der Waals surface area contributed by atoms with Crippen molar-refractivity contribution < 1.29 is 18.7 Å². The number of carbonyl (C=O) groups excluding carboxylic acids is 1. The van der Waals surface area contributed by atoms with Gasteiger partial charge in [0.05, 0.1) is 12.9 Å². The highest BCUT2D eigenvalue weighted by molar-refractivity contribution is 5.94. The van der Waals surface area contributed by atoms with Gasteiger partial charge in [-0.1, -0.05) is 0 Å². The number of hydrogen-bond donors (Lipinski definition) is 2. The summed E-state index contributed by atoms with van der Waals surface area (Å²) in [6.07, 6.45) is 1.46. The Hall–Kier alpha value is -2.14. The zero-order valence-electron chi connectivity index (χ0n) is 9.47. The molecule has 0 saturated carbocycles. The van der Waals surface area contributed by atoms with Crippen LogP contribution in [0.25, 0.3) is 0 Å². The van der Waals surface area contributed by atoms with Gasteiger partial charge in [0.25, 0.3) is 5.91 Å². The summed E-state index contributed by atoms with van der Waals surface area (Å²) in [6.45, 7) is -0.277. The molecule has 0 bridgehead atoms. The molecule has 18 heavy (non-hydrogen) atoms. The summed E-state index contributed by atoms with van der Waals surface area (Å²) in [4.78, 5) is 11.8. The van der Waals surface area contributed by atoms with Gasteiger partial charge < -0.3 is 14.8 Å². The number of furan rings is 1. The largest absolute Gasteiger partial charge is 0.467 e. The zero-order chi connectivity index (χ0) is 13.0. The molecule has 1 heterocycles. The van der Waals surface area contributed by atoms with E-state index in [0.29, 0.717) is 11.3 Å². The summed E-state index contributed by atoms with van der Waals surface area (Å²) in [6, 6.07) is 7.87.